The van der Waals surface area contributed by atoms with Crippen LogP contribution in [0.25, 0.3) is 0 Å². The molecule has 1 N–H and O–H groups in total. The van der Waals surface area contributed by atoms with Crippen LogP contribution in [0.4, 0.5) is 5.69 Å². The second kappa shape index (κ2) is 5.20. The average Bonchev–Trinajstić information content (AvgIpc) is 2.21. The number of carbonyl (C=O) groups excluding carboxylic acids is 1. The summed E-state index contributed by atoms with van der Waals surface area (Å²) in [6.07, 6.45) is 1.42. The molecule has 0 unspecified atom stereocenters. The van der Waals surface area contributed by atoms with Crippen molar-refractivity contribution in [2.24, 2.45) is 0 Å². The minimum Gasteiger partial charge on any atom is -0.501 e. The van der Waals surface area contributed by atoms with E-state index in [2.05, 4.69) is 5.32 Å². The van der Waals surface area contributed by atoms with Gasteiger partial charge in [0.15, 0.2) is 0 Å². The SMILES string of the molecule is COC(C)=CC(=O)Nc1ccccc1C. The number of allylic oxidation sites excluding steroid dienone is 1. The van der Waals surface area contributed by atoms with E-state index < -0.39 is 0 Å². The minimum absolute atomic E-state index is 0.177. The van der Waals surface area contributed by atoms with Crippen molar-refractivity contribution in [1.82, 2.24) is 0 Å². The van der Waals surface area contributed by atoms with Crippen LogP contribution in [0.3, 0.4) is 0 Å². The molecule has 3 heteroatoms. The van der Waals surface area contributed by atoms with Gasteiger partial charge in [0.05, 0.1) is 12.9 Å². The highest BCUT2D eigenvalue weighted by Gasteiger charge is 2.01. The van der Waals surface area contributed by atoms with E-state index in [1.165, 1.54) is 13.2 Å². The molecule has 0 spiro atoms. The minimum atomic E-state index is -0.177. The van der Waals surface area contributed by atoms with Gasteiger partial charge in [-0.25, -0.2) is 0 Å². The highest BCUT2D eigenvalue weighted by Crippen LogP contribution is 2.13. The molecule has 1 aromatic carbocycles. The normalized spacial score (nSPS) is 11.0. The summed E-state index contributed by atoms with van der Waals surface area (Å²) in [6.45, 7) is 3.68. The number of para-hydroxylation sites is 1. The third-order valence-electron chi connectivity index (χ3n) is 2.06. The Balaban J connectivity index is 2.71. The topological polar surface area (TPSA) is 38.3 Å². The number of hydrogen-bond acceptors (Lipinski definition) is 2. The zero-order valence-electron chi connectivity index (χ0n) is 9.20. The van der Waals surface area contributed by atoms with Gasteiger partial charge in [0.25, 0.3) is 5.91 Å². The van der Waals surface area contributed by atoms with E-state index in [-0.39, 0.29) is 5.91 Å². The molecule has 0 fully saturated rings. The maximum atomic E-state index is 11.5. The van der Waals surface area contributed by atoms with Crippen LogP contribution in [0.5, 0.6) is 0 Å². The Morgan fingerprint density at radius 1 is 1.40 bits per heavy atom. The molecular weight excluding hydrogens is 190 g/mol. The van der Waals surface area contributed by atoms with Gasteiger partial charge in [0.1, 0.15) is 0 Å². The molecular formula is C12H15NO2. The first-order valence-corrected chi connectivity index (χ1v) is 4.72. The summed E-state index contributed by atoms with van der Waals surface area (Å²) in [5.41, 5.74) is 1.86. The molecule has 0 aliphatic carbocycles. The van der Waals surface area contributed by atoms with Crippen LogP contribution in [0, 0.1) is 6.92 Å². The van der Waals surface area contributed by atoms with Crippen molar-refractivity contribution in [1.29, 1.82) is 0 Å². The summed E-state index contributed by atoms with van der Waals surface area (Å²) in [5, 5.41) is 2.78. The lowest BCUT2D eigenvalue weighted by molar-refractivity contribution is -0.112. The molecule has 0 atom stereocenters. The lowest BCUT2D eigenvalue weighted by atomic mass is 10.2. The number of anilines is 1. The van der Waals surface area contributed by atoms with Crippen LogP contribution in [0.2, 0.25) is 0 Å². The molecule has 0 bridgehead atoms. The van der Waals surface area contributed by atoms with Crippen LogP contribution in [-0.4, -0.2) is 13.0 Å². The van der Waals surface area contributed by atoms with Gasteiger partial charge in [-0.05, 0) is 25.5 Å². The van der Waals surface area contributed by atoms with Crippen molar-refractivity contribution >= 4 is 11.6 Å². The Labute approximate surface area is 89.8 Å². The monoisotopic (exact) mass is 205 g/mol. The van der Waals surface area contributed by atoms with E-state index in [4.69, 9.17) is 4.74 Å². The summed E-state index contributed by atoms with van der Waals surface area (Å²) >= 11 is 0. The van der Waals surface area contributed by atoms with Crippen molar-refractivity contribution in [3.8, 4) is 0 Å². The predicted octanol–water partition coefficient (Wildman–Crippen LogP) is 2.48. The van der Waals surface area contributed by atoms with Gasteiger partial charge in [0.2, 0.25) is 0 Å². The largest absolute Gasteiger partial charge is 0.501 e. The average molecular weight is 205 g/mol. The smallest absolute Gasteiger partial charge is 0.251 e. The lowest BCUT2D eigenvalue weighted by Gasteiger charge is -2.06. The van der Waals surface area contributed by atoms with Gasteiger partial charge in [0, 0.05) is 11.8 Å². The second-order valence-corrected chi connectivity index (χ2v) is 3.26. The maximum Gasteiger partial charge on any atom is 0.251 e. The zero-order valence-corrected chi connectivity index (χ0v) is 9.20. The molecule has 15 heavy (non-hydrogen) atoms. The molecule has 0 radical (unpaired) electrons. The number of carbonyl (C=O) groups is 1. The quantitative estimate of drug-likeness (QED) is 0.608. The third kappa shape index (κ3) is 3.46. The first-order valence-electron chi connectivity index (χ1n) is 4.72. The van der Waals surface area contributed by atoms with E-state index >= 15 is 0 Å². The Morgan fingerprint density at radius 2 is 2.07 bits per heavy atom. The summed E-state index contributed by atoms with van der Waals surface area (Å²) in [4.78, 5) is 11.5. The van der Waals surface area contributed by atoms with Crippen LogP contribution >= 0.6 is 0 Å². The first-order chi connectivity index (χ1) is 7.13. The molecule has 1 rings (SSSR count). The molecule has 0 saturated heterocycles. The number of hydrogen-bond donors (Lipinski definition) is 1. The number of aryl methyl sites for hydroxylation is 1. The van der Waals surface area contributed by atoms with E-state index in [0.717, 1.165) is 11.3 Å². The Bertz CT molecular complexity index is 383. The summed E-state index contributed by atoms with van der Waals surface area (Å²) in [5.74, 6) is 0.407. The third-order valence-corrected chi connectivity index (χ3v) is 2.06. The Hall–Kier alpha value is -1.77. The number of nitrogens with one attached hydrogen (secondary N) is 1. The Kier molecular flexibility index (Phi) is 3.92. The van der Waals surface area contributed by atoms with Crippen molar-refractivity contribution in [2.45, 2.75) is 13.8 Å². The number of ether oxygens (including phenoxy) is 1. The molecule has 0 saturated carbocycles. The van der Waals surface area contributed by atoms with E-state index in [0.29, 0.717) is 5.76 Å². The van der Waals surface area contributed by atoms with Gasteiger partial charge in [-0.2, -0.15) is 0 Å². The fourth-order valence-corrected chi connectivity index (χ4v) is 1.13. The van der Waals surface area contributed by atoms with Gasteiger partial charge < -0.3 is 10.1 Å². The molecule has 1 amide bonds. The van der Waals surface area contributed by atoms with E-state index in [9.17, 15) is 4.79 Å². The lowest BCUT2D eigenvalue weighted by Crippen LogP contribution is -2.09. The van der Waals surface area contributed by atoms with Gasteiger partial charge in [-0.1, -0.05) is 18.2 Å². The van der Waals surface area contributed by atoms with Crippen LogP contribution < -0.4 is 5.32 Å². The number of benzene rings is 1. The van der Waals surface area contributed by atoms with Crippen LogP contribution in [0.15, 0.2) is 36.1 Å². The fraction of sp³-hybridized carbons (Fsp3) is 0.250. The van der Waals surface area contributed by atoms with Crippen LogP contribution in [-0.2, 0) is 9.53 Å². The molecule has 1 aromatic rings. The van der Waals surface area contributed by atoms with Crippen LogP contribution in [0.1, 0.15) is 12.5 Å². The molecule has 80 valence electrons. The number of methoxy groups -OCH3 is 1. The van der Waals surface area contributed by atoms with Gasteiger partial charge >= 0.3 is 0 Å². The summed E-state index contributed by atoms with van der Waals surface area (Å²) in [6, 6.07) is 7.63. The zero-order chi connectivity index (χ0) is 11.3. The van der Waals surface area contributed by atoms with Crippen molar-refractivity contribution < 1.29 is 9.53 Å². The van der Waals surface area contributed by atoms with Crippen molar-refractivity contribution in [2.75, 3.05) is 12.4 Å². The summed E-state index contributed by atoms with van der Waals surface area (Å²) < 4.78 is 4.89. The second-order valence-electron chi connectivity index (χ2n) is 3.26. The van der Waals surface area contributed by atoms with Gasteiger partial charge in [-0.3, -0.25) is 4.79 Å². The Morgan fingerprint density at radius 3 is 2.67 bits per heavy atom. The fourth-order valence-electron chi connectivity index (χ4n) is 1.13. The van der Waals surface area contributed by atoms with E-state index in [1.807, 2.05) is 31.2 Å². The standard InChI is InChI=1S/C12H15NO2/c1-9-6-4-5-7-11(9)13-12(14)8-10(2)15-3/h4-8H,1-3H3,(H,13,14). The first kappa shape index (κ1) is 11.3. The highest BCUT2D eigenvalue weighted by molar-refractivity contribution is 5.99. The van der Waals surface area contributed by atoms with Gasteiger partial charge in [-0.15, -0.1) is 0 Å². The summed E-state index contributed by atoms with van der Waals surface area (Å²) in [7, 11) is 1.53. The molecule has 3 nitrogen and oxygen atoms in total. The molecule has 0 aliphatic heterocycles. The maximum absolute atomic E-state index is 11.5. The predicted molar refractivity (Wildman–Crippen MR) is 60.6 cm³/mol. The number of rotatable bonds is 3. The van der Waals surface area contributed by atoms with E-state index in [1.54, 1.807) is 6.92 Å². The van der Waals surface area contributed by atoms with Crippen molar-refractivity contribution in [3.05, 3.63) is 41.7 Å². The molecule has 0 heterocycles. The highest BCUT2D eigenvalue weighted by atomic mass is 16.5. The molecule has 0 aromatic heterocycles. The van der Waals surface area contributed by atoms with Crippen molar-refractivity contribution in [3.63, 3.8) is 0 Å². The molecule has 0 aliphatic rings. The number of amides is 1.